The number of hydrogen-bond donors (Lipinski definition) is 0. The number of amides is 1. The third-order valence-corrected chi connectivity index (χ3v) is 5.37. The molecule has 0 aliphatic carbocycles. The first-order valence-corrected chi connectivity index (χ1v) is 9.20. The molecule has 1 atom stereocenters. The maximum Gasteiger partial charge on any atom is 0.256 e. The van der Waals surface area contributed by atoms with Crippen LogP contribution in [0.4, 0.5) is 15.2 Å². The minimum Gasteiger partial charge on any atom is -0.333 e. The Bertz CT molecular complexity index is 986. The average molecular weight is 390 g/mol. The third kappa shape index (κ3) is 2.83. The molecular formula is C18H13ClFN3O2S. The number of ketones is 1. The lowest BCUT2D eigenvalue weighted by Crippen LogP contribution is -2.37. The van der Waals surface area contributed by atoms with Crippen LogP contribution in [0.1, 0.15) is 29.4 Å². The Morgan fingerprint density at radius 1 is 1.38 bits per heavy atom. The van der Waals surface area contributed by atoms with Gasteiger partial charge in [-0.15, -0.1) is 11.3 Å². The molecule has 2 aromatic heterocycles. The smallest absolute Gasteiger partial charge is 0.256 e. The topological polar surface area (TPSA) is 55.2 Å². The molecular weight excluding hydrogens is 377 g/mol. The van der Waals surface area contributed by atoms with Crippen LogP contribution < -0.4 is 4.90 Å². The second kappa shape index (κ2) is 6.66. The van der Waals surface area contributed by atoms with E-state index in [-0.39, 0.29) is 16.7 Å². The highest BCUT2D eigenvalue weighted by molar-refractivity contribution is 7.13. The number of hydrogen-bond acceptors (Lipinski definition) is 4. The summed E-state index contributed by atoms with van der Waals surface area (Å²) in [7, 11) is 0. The van der Waals surface area contributed by atoms with Gasteiger partial charge in [-0.2, -0.15) is 0 Å². The van der Waals surface area contributed by atoms with Crippen molar-refractivity contribution in [2.24, 2.45) is 0 Å². The highest BCUT2D eigenvalue weighted by Crippen LogP contribution is 2.35. The molecule has 0 fully saturated rings. The minimum atomic E-state index is -0.557. The minimum absolute atomic E-state index is 0.0182. The van der Waals surface area contributed by atoms with Gasteiger partial charge < -0.3 is 4.57 Å². The molecule has 1 aliphatic rings. The number of benzene rings is 1. The van der Waals surface area contributed by atoms with Crippen molar-refractivity contribution >= 4 is 45.4 Å². The summed E-state index contributed by atoms with van der Waals surface area (Å²) in [6.07, 6.45) is 4.02. The Morgan fingerprint density at radius 2 is 2.23 bits per heavy atom. The molecule has 1 amide bonds. The third-order valence-electron chi connectivity index (χ3n) is 4.32. The predicted octanol–water partition coefficient (Wildman–Crippen LogP) is 4.62. The second-order valence-electron chi connectivity index (χ2n) is 5.87. The molecule has 26 heavy (non-hydrogen) atoms. The largest absolute Gasteiger partial charge is 0.333 e. The van der Waals surface area contributed by atoms with Crippen LogP contribution in [0.25, 0.3) is 0 Å². The molecule has 5 nitrogen and oxygen atoms in total. The highest BCUT2D eigenvalue weighted by atomic mass is 35.5. The summed E-state index contributed by atoms with van der Waals surface area (Å²) in [5.74, 6) is -0.782. The van der Waals surface area contributed by atoms with Crippen LogP contribution in [-0.4, -0.2) is 21.2 Å². The van der Waals surface area contributed by atoms with Crippen molar-refractivity contribution in [2.75, 3.05) is 4.90 Å². The number of fused-ring (bicyclic) bond motifs is 1. The van der Waals surface area contributed by atoms with E-state index >= 15 is 0 Å². The lowest BCUT2D eigenvalue weighted by atomic mass is 10.0. The monoisotopic (exact) mass is 389 g/mol. The molecule has 132 valence electrons. The Hall–Kier alpha value is -2.51. The lowest BCUT2D eigenvalue weighted by Gasteiger charge is -2.29. The predicted molar refractivity (Wildman–Crippen MR) is 97.7 cm³/mol. The molecule has 1 aliphatic heterocycles. The van der Waals surface area contributed by atoms with Crippen LogP contribution in [0.5, 0.6) is 0 Å². The molecule has 0 bridgehead atoms. The second-order valence-corrected chi connectivity index (χ2v) is 7.15. The van der Waals surface area contributed by atoms with E-state index in [9.17, 15) is 14.0 Å². The van der Waals surface area contributed by atoms with E-state index in [1.807, 2.05) is 0 Å². The summed E-state index contributed by atoms with van der Waals surface area (Å²) in [6, 6.07) is 7.04. The van der Waals surface area contributed by atoms with E-state index in [1.165, 1.54) is 34.4 Å². The standard InChI is InChI=1S/C18H13ClFN3O2S/c19-12-10-11(3-4-13(12)20)23(18-21-7-9-26-18)17(25)15-5-6-16(24)14-2-1-8-22(14)15/h1-4,7-10,15H,5-6H2. The van der Waals surface area contributed by atoms with Gasteiger partial charge in [-0.1, -0.05) is 11.6 Å². The van der Waals surface area contributed by atoms with Crippen molar-refractivity contribution in [1.29, 1.82) is 0 Å². The van der Waals surface area contributed by atoms with Crippen LogP contribution in [0, 0.1) is 5.82 Å². The number of anilines is 2. The highest BCUT2D eigenvalue weighted by Gasteiger charge is 2.34. The maximum absolute atomic E-state index is 13.6. The fourth-order valence-electron chi connectivity index (χ4n) is 3.11. The van der Waals surface area contributed by atoms with Crippen molar-refractivity contribution in [3.63, 3.8) is 0 Å². The van der Waals surface area contributed by atoms with Crippen LogP contribution in [0.3, 0.4) is 0 Å². The number of Topliss-reactive ketones (excluding diaryl/α,β-unsaturated/α-hetero) is 1. The first kappa shape index (κ1) is 16.9. The molecule has 8 heteroatoms. The number of rotatable bonds is 3. The number of thiazole rings is 1. The van der Waals surface area contributed by atoms with Crippen LogP contribution >= 0.6 is 22.9 Å². The Kier molecular flexibility index (Phi) is 4.34. The van der Waals surface area contributed by atoms with E-state index in [1.54, 1.807) is 34.5 Å². The normalized spacial score (nSPS) is 16.4. The van der Waals surface area contributed by atoms with Gasteiger partial charge in [0.2, 0.25) is 0 Å². The molecule has 1 aromatic carbocycles. The van der Waals surface area contributed by atoms with Gasteiger partial charge in [0.1, 0.15) is 11.9 Å². The summed E-state index contributed by atoms with van der Waals surface area (Å²) in [6.45, 7) is 0. The molecule has 0 saturated heterocycles. The number of halogens is 2. The summed E-state index contributed by atoms with van der Waals surface area (Å²) in [4.78, 5) is 31.1. The average Bonchev–Trinajstić information content (AvgIpc) is 3.30. The summed E-state index contributed by atoms with van der Waals surface area (Å²) in [5, 5.41) is 2.15. The van der Waals surface area contributed by atoms with Gasteiger partial charge in [0.15, 0.2) is 10.9 Å². The zero-order valence-corrected chi connectivity index (χ0v) is 15.0. The Labute approximate surface area is 157 Å². The Morgan fingerprint density at radius 3 is 2.96 bits per heavy atom. The fraction of sp³-hybridized carbons (Fsp3) is 0.167. The SMILES string of the molecule is O=C1CCC(C(=O)N(c2ccc(F)c(Cl)c2)c2nccs2)n2cccc21. The number of carbonyl (C=O) groups excluding carboxylic acids is 2. The maximum atomic E-state index is 13.6. The summed E-state index contributed by atoms with van der Waals surface area (Å²) < 4.78 is 15.3. The molecule has 1 unspecified atom stereocenters. The van der Waals surface area contributed by atoms with Gasteiger partial charge in [0.05, 0.1) is 16.4 Å². The van der Waals surface area contributed by atoms with E-state index in [4.69, 9.17) is 11.6 Å². The first-order valence-electron chi connectivity index (χ1n) is 7.95. The Balaban J connectivity index is 1.78. The van der Waals surface area contributed by atoms with Crippen molar-refractivity contribution in [3.8, 4) is 0 Å². The van der Waals surface area contributed by atoms with Crippen molar-refractivity contribution < 1.29 is 14.0 Å². The molecule has 0 radical (unpaired) electrons. The molecule has 0 spiro atoms. The lowest BCUT2D eigenvalue weighted by molar-refractivity contribution is -0.121. The molecule has 3 heterocycles. The van der Waals surface area contributed by atoms with Crippen molar-refractivity contribution in [2.45, 2.75) is 18.9 Å². The number of carbonyl (C=O) groups is 2. The molecule has 0 saturated carbocycles. The van der Waals surface area contributed by atoms with Crippen molar-refractivity contribution in [3.05, 3.63) is 64.6 Å². The number of nitrogens with zero attached hydrogens (tertiary/aromatic N) is 3. The molecule has 0 N–H and O–H groups in total. The first-order chi connectivity index (χ1) is 12.6. The molecule has 4 rings (SSSR count). The molecule has 3 aromatic rings. The van der Waals surface area contributed by atoms with Gasteiger partial charge in [0, 0.05) is 24.2 Å². The van der Waals surface area contributed by atoms with Gasteiger partial charge >= 0.3 is 0 Å². The van der Waals surface area contributed by atoms with Gasteiger partial charge in [-0.25, -0.2) is 9.37 Å². The van der Waals surface area contributed by atoms with Gasteiger partial charge in [-0.05, 0) is 36.8 Å². The summed E-state index contributed by atoms with van der Waals surface area (Å²) in [5.41, 5.74) is 0.952. The number of aromatic nitrogens is 2. The van der Waals surface area contributed by atoms with E-state index in [0.717, 1.165) is 0 Å². The van der Waals surface area contributed by atoms with Crippen LogP contribution in [0.15, 0.2) is 48.1 Å². The van der Waals surface area contributed by atoms with Gasteiger partial charge in [-0.3, -0.25) is 14.5 Å². The van der Waals surface area contributed by atoms with E-state index in [2.05, 4.69) is 4.98 Å². The van der Waals surface area contributed by atoms with Gasteiger partial charge in [0.25, 0.3) is 5.91 Å². The zero-order valence-electron chi connectivity index (χ0n) is 13.4. The van der Waals surface area contributed by atoms with E-state index < -0.39 is 11.9 Å². The fourth-order valence-corrected chi connectivity index (χ4v) is 3.95. The van der Waals surface area contributed by atoms with Crippen LogP contribution in [-0.2, 0) is 4.79 Å². The summed E-state index contributed by atoms with van der Waals surface area (Å²) >= 11 is 7.21. The van der Waals surface area contributed by atoms with Crippen molar-refractivity contribution in [1.82, 2.24) is 9.55 Å². The quantitative estimate of drug-likeness (QED) is 0.656. The zero-order chi connectivity index (χ0) is 18.3. The van der Waals surface area contributed by atoms with Crippen LogP contribution in [0.2, 0.25) is 5.02 Å². The van der Waals surface area contributed by atoms with E-state index in [0.29, 0.717) is 29.4 Å².